The van der Waals surface area contributed by atoms with Gasteiger partial charge in [-0.1, -0.05) is 30.3 Å². The first-order valence-electron chi connectivity index (χ1n) is 12.0. The Bertz CT molecular complexity index is 1740. The van der Waals surface area contributed by atoms with Crippen molar-refractivity contribution in [2.24, 2.45) is 12.2 Å². The minimum absolute atomic E-state index is 0.228. The number of hydrogen-bond donors (Lipinski definition) is 3. The maximum atomic E-state index is 14.0. The Labute approximate surface area is 225 Å². The van der Waals surface area contributed by atoms with Crippen molar-refractivity contribution in [3.63, 3.8) is 0 Å². The van der Waals surface area contributed by atoms with E-state index < -0.39 is 10.0 Å². The third-order valence-corrected chi connectivity index (χ3v) is 6.94. The highest BCUT2D eigenvalue weighted by Crippen LogP contribution is 2.28. The minimum atomic E-state index is -3.60. The van der Waals surface area contributed by atoms with E-state index in [0.29, 0.717) is 41.1 Å². The number of nitrogens with two attached hydrogens (primary N) is 1. The standard InChI is InChI=1S/C27H27FN8O2S/c1-35(25-13-14-30-26(34-25)32-20-9-7-18(8-10-20)17-39(29,37)38)21-11-12-24-23(15-21)33-27(36(24)2)31-16-19-5-3-4-6-22(19)28/h3-15H,16-17H2,1-2H3,(H,31,33)(H2,29,37,38)(H,30,32,34). The average molecular weight is 547 g/mol. The Balaban J connectivity index is 1.31. The molecular weight excluding hydrogens is 519 g/mol. The topological polar surface area (TPSA) is 131 Å². The zero-order chi connectivity index (χ0) is 27.6. The molecule has 0 fully saturated rings. The molecule has 0 radical (unpaired) electrons. The molecule has 0 bridgehead atoms. The maximum absolute atomic E-state index is 14.0. The molecule has 4 N–H and O–H groups in total. The van der Waals surface area contributed by atoms with Crippen LogP contribution >= 0.6 is 0 Å². The van der Waals surface area contributed by atoms with Crippen LogP contribution in [0, 0.1) is 5.82 Å². The highest BCUT2D eigenvalue weighted by molar-refractivity contribution is 7.88. The monoisotopic (exact) mass is 546 g/mol. The molecule has 2 heterocycles. The van der Waals surface area contributed by atoms with Crippen LogP contribution in [0.4, 0.5) is 33.5 Å². The summed E-state index contributed by atoms with van der Waals surface area (Å²) < 4.78 is 38.5. The van der Waals surface area contributed by atoms with E-state index in [1.165, 1.54) is 6.07 Å². The SMILES string of the molecule is CN(c1ccc2c(c1)nc(NCc1ccccc1F)n2C)c1ccnc(Nc2ccc(CS(N)(=O)=O)cc2)n1. The van der Waals surface area contributed by atoms with Crippen molar-refractivity contribution >= 4 is 50.1 Å². The van der Waals surface area contributed by atoms with Crippen LogP contribution in [0.1, 0.15) is 11.1 Å². The summed E-state index contributed by atoms with van der Waals surface area (Å²) in [6.45, 7) is 0.322. The second kappa shape index (κ2) is 10.7. The Kier molecular flexibility index (Phi) is 7.13. The van der Waals surface area contributed by atoms with Crippen LogP contribution in [0.15, 0.2) is 79.0 Å². The number of primary sulfonamides is 1. The van der Waals surface area contributed by atoms with Crippen LogP contribution in [-0.4, -0.2) is 35.0 Å². The van der Waals surface area contributed by atoms with Gasteiger partial charge in [-0.05, 0) is 48.0 Å². The van der Waals surface area contributed by atoms with Crippen molar-refractivity contribution in [1.29, 1.82) is 0 Å². The summed E-state index contributed by atoms with van der Waals surface area (Å²) in [5.74, 6) is 1.19. The molecule has 0 saturated heterocycles. The summed E-state index contributed by atoms with van der Waals surface area (Å²) in [5, 5.41) is 11.5. The van der Waals surface area contributed by atoms with Gasteiger partial charge in [0.1, 0.15) is 11.6 Å². The molecule has 0 unspecified atom stereocenters. The molecule has 39 heavy (non-hydrogen) atoms. The van der Waals surface area contributed by atoms with Gasteiger partial charge in [-0.2, -0.15) is 4.98 Å². The lowest BCUT2D eigenvalue weighted by molar-refractivity contribution is 0.597. The number of benzene rings is 3. The first-order valence-corrected chi connectivity index (χ1v) is 13.7. The largest absolute Gasteiger partial charge is 0.351 e. The highest BCUT2D eigenvalue weighted by Gasteiger charge is 2.13. The summed E-state index contributed by atoms with van der Waals surface area (Å²) in [7, 11) is 0.212. The molecule has 200 valence electrons. The fourth-order valence-corrected chi connectivity index (χ4v) is 4.80. The number of rotatable bonds is 9. The predicted molar refractivity (Wildman–Crippen MR) is 151 cm³/mol. The highest BCUT2D eigenvalue weighted by atomic mass is 32.2. The third-order valence-electron chi connectivity index (χ3n) is 6.21. The Morgan fingerprint density at radius 2 is 1.79 bits per heavy atom. The van der Waals surface area contributed by atoms with E-state index in [2.05, 4.69) is 20.6 Å². The van der Waals surface area contributed by atoms with Gasteiger partial charge in [0.25, 0.3) is 0 Å². The van der Waals surface area contributed by atoms with Crippen LogP contribution in [0.25, 0.3) is 11.0 Å². The molecule has 10 nitrogen and oxygen atoms in total. The molecule has 0 spiro atoms. The summed E-state index contributed by atoms with van der Waals surface area (Å²) in [5.41, 5.74) is 4.45. The summed E-state index contributed by atoms with van der Waals surface area (Å²) in [4.78, 5) is 15.5. The van der Waals surface area contributed by atoms with Crippen molar-refractivity contribution in [2.75, 3.05) is 22.6 Å². The number of halogens is 1. The van der Waals surface area contributed by atoms with Crippen molar-refractivity contribution in [3.05, 3.63) is 95.9 Å². The van der Waals surface area contributed by atoms with E-state index in [1.54, 1.807) is 54.7 Å². The fraction of sp³-hybridized carbons (Fsp3) is 0.148. The Morgan fingerprint density at radius 3 is 2.54 bits per heavy atom. The first-order chi connectivity index (χ1) is 18.7. The zero-order valence-electron chi connectivity index (χ0n) is 21.3. The van der Waals surface area contributed by atoms with Gasteiger partial charge in [0, 0.05) is 43.8 Å². The van der Waals surface area contributed by atoms with Crippen LogP contribution < -0.4 is 20.7 Å². The number of aryl methyl sites for hydroxylation is 1. The third kappa shape index (κ3) is 6.13. The average Bonchev–Trinajstić information content (AvgIpc) is 3.23. The number of imidazole rings is 1. The van der Waals surface area contributed by atoms with Gasteiger partial charge in [0.2, 0.25) is 21.9 Å². The lowest BCUT2D eigenvalue weighted by Gasteiger charge is -2.19. The second-order valence-corrected chi connectivity index (χ2v) is 10.7. The van der Waals surface area contributed by atoms with Crippen LogP contribution in [-0.2, 0) is 29.4 Å². The number of nitrogens with zero attached hydrogens (tertiary/aromatic N) is 5. The van der Waals surface area contributed by atoms with Gasteiger partial charge >= 0.3 is 0 Å². The lowest BCUT2D eigenvalue weighted by atomic mass is 10.2. The number of anilines is 5. The molecule has 0 aliphatic rings. The zero-order valence-corrected chi connectivity index (χ0v) is 22.2. The molecule has 3 aromatic carbocycles. The molecule has 0 atom stereocenters. The van der Waals surface area contributed by atoms with Gasteiger partial charge in [-0.3, -0.25) is 0 Å². The van der Waals surface area contributed by atoms with Crippen molar-refractivity contribution < 1.29 is 12.8 Å². The molecule has 2 aromatic heterocycles. The van der Waals surface area contributed by atoms with Gasteiger partial charge < -0.3 is 20.1 Å². The smallest absolute Gasteiger partial charge is 0.229 e. The predicted octanol–water partition coefficient (Wildman–Crippen LogP) is 4.41. The van der Waals surface area contributed by atoms with E-state index in [9.17, 15) is 12.8 Å². The minimum Gasteiger partial charge on any atom is -0.351 e. The van der Waals surface area contributed by atoms with Gasteiger partial charge in [0.15, 0.2) is 0 Å². The van der Waals surface area contributed by atoms with E-state index in [1.807, 2.05) is 41.8 Å². The quantitative estimate of drug-likeness (QED) is 0.248. The van der Waals surface area contributed by atoms with Gasteiger partial charge in [-0.25, -0.2) is 27.9 Å². The number of sulfonamides is 1. The molecule has 12 heteroatoms. The van der Waals surface area contributed by atoms with Crippen LogP contribution in [0.2, 0.25) is 0 Å². The lowest BCUT2D eigenvalue weighted by Crippen LogP contribution is -2.14. The molecule has 0 amide bonds. The molecule has 5 rings (SSSR count). The Morgan fingerprint density at radius 1 is 1.03 bits per heavy atom. The van der Waals surface area contributed by atoms with Crippen molar-refractivity contribution in [1.82, 2.24) is 19.5 Å². The van der Waals surface area contributed by atoms with Crippen molar-refractivity contribution in [2.45, 2.75) is 12.3 Å². The van der Waals surface area contributed by atoms with Gasteiger partial charge in [0.05, 0.1) is 16.8 Å². The Hall–Kier alpha value is -4.55. The van der Waals surface area contributed by atoms with E-state index in [-0.39, 0.29) is 11.6 Å². The summed E-state index contributed by atoms with van der Waals surface area (Å²) in [6, 6.07) is 21.2. The number of nitrogens with one attached hydrogen (secondary N) is 2. The van der Waals surface area contributed by atoms with Crippen LogP contribution in [0.3, 0.4) is 0 Å². The number of fused-ring (bicyclic) bond motifs is 1. The summed E-state index contributed by atoms with van der Waals surface area (Å²) >= 11 is 0. The molecule has 0 saturated carbocycles. The van der Waals surface area contributed by atoms with E-state index in [0.717, 1.165) is 16.7 Å². The van der Waals surface area contributed by atoms with Gasteiger partial charge in [-0.15, -0.1) is 0 Å². The number of hydrogen-bond acceptors (Lipinski definition) is 8. The molecular formula is C27H27FN8O2S. The first kappa shape index (κ1) is 26.1. The molecule has 0 aliphatic heterocycles. The summed E-state index contributed by atoms with van der Waals surface area (Å²) in [6.07, 6.45) is 1.65. The maximum Gasteiger partial charge on any atom is 0.229 e. The molecule has 5 aromatic rings. The van der Waals surface area contributed by atoms with E-state index >= 15 is 0 Å². The normalized spacial score (nSPS) is 11.5. The second-order valence-electron chi connectivity index (χ2n) is 9.04. The van der Waals surface area contributed by atoms with Crippen LogP contribution in [0.5, 0.6) is 0 Å². The molecule has 0 aliphatic carbocycles. The van der Waals surface area contributed by atoms with E-state index in [4.69, 9.17) is 10.1 Å². The van der Waals surface area contributed by atoms with Crippen molar-refractivity contribution in [3.8, 4) is 0 Å². The fourth-order valence-electron chi connectivity index (χ4n) is 4.15. The number of aromatic nitrogens is 4.